The molecular weight excluding hydrogens is 274 g/mol. The highest BCUT2D eigenvalue weighted by Gasteiger charge is 2.17. The molecule has 2 N–H and O–H groups in total. The van der Waals surface area contributed by atoms with Gasteiger partial charge in [-0.05, 0) is 22.0 Å². The van der Waals surface area contributed by atoms with Crippen molar-refractivity contribution < 1.29 is 14.3 Å². The molecule has 0 saturated heterocycles. The summed E-state index contributed by atoms with van der Waals surface area (Å²) < 4.78 is 10.6. The molecule has 0 unspecified atom stereocenters. The lowest BCUT2D eigenvalue weighted by Crippen LogP contribution is -2.17. The van der Waals surface area contributed by atoms with Gasteiger partial charge >= 0.3 is 5.97 Å². The normalized spacial score (nSPS) is 12.0. The summed E-state index contributed by atoms with van der Waals surface area (Å²) in [6.45, 7) is 0. The molecule has 0 aliphatic heterocycles. The van der Waals surface area contributed by atoms with Crippen LogP contribution in [-0.2, 0) is 9.53 Å². The van der Waals surface area contributed by atoms with Crippen LogP contribution in [0.3, 0.4) is 0 Å². The molecule has 1 aromatic carbocycles. The lowest BCUT2D eigenvalue weighted by atomic mass is 10.0. The van der Waals surface area contributed by atoms with Crippen LogP contribution in [-0.4, -0.2) is 20.2 Å². The van der Waals surface area contributed by atoms with Gasteiger partial charge in [-0.3, -0.25) is 4.79 Å². The van der Waals surface area contributed by atoms with Crippen molar-refractivity contribution in [3.8, 4) is 5.75 Å². The molecule has 0 aliphatic rings. The van der Waals surface area contributed by atoms with Crippen molar-refractivity contribution in [2.75, 3.05) is 14.2 Å². The number of methoxy groups -OCH3 is 2. The predicted molar refractivity (Wildman–Crippen MR) is 64.3 cm³/mol. The van der Waals surface area contributed by atoms with E-state index in [1.54, 1.807) is 7.11 Å². The molecule has 1 rings (SSSR count). The minimum absolute atomic E-state index is 0.128. The Labute approximate surface area is 103 Å². The molecule has 0 bridgehead atoms. The number of esters is 1. The Hall–Kier alpha value is -1.07. The fourth-order valence-corrected chi connectivity index (χ4v) is 1.95. The zero-order chi connectivity index (χ0) is 12.1. The van der Waals surface area contributed by atoms with Gasteiger partial charge in [0.05, 0.1) is 25.1 Å². The van der Waals surface area contributed by atoms with Gasteiger partial charge in [-0.2, -0.15) is 0 Å². The van der Waals surface area contributed by atoms with Crippen LogP contribution in [0.5, 0.6) is 5.75 Å². The van der Waals surface area contributed by atoms with Gasteiger partial charge in [0.2, 0.25) is 0 Å². The molecule has 0 aliphatic carbocycles. The molecule has 1 atom stereocenters. The predicted octanol–water partition coefficient (Wildman–Crippen LogP) is 2.02. The number of rotatable bonds is 4. The molecule has 88 valence electrons. The third-order valence-corrected chi connectivity index (χ3v) is 2.84. The van der Waals surface area contributed by atoms with E-state index < -0.39 is 6.04 Å². The van der Waals surface area contributed by atoms with Crippen LogP contribution in [0.2, 0.25) is 0 Å². The first kappa shape index (κ1) is 13.0. The summed E-state index contributed by atoms with van der Waals surface area (Å²) in [6, 6.07) is 5.10. The summed E-state index contributed by atoms with van der Waals surface area (Å²) in [5.41, 5.74) is 6.69. The number of carbonyl (C=O) groups excluding carboxylic acids is 1. The second-order valence-corrected chi connectivity index (χ2v) is 4.10. The summed E-state index contributed by atoms with van der Waals surface area (Å²) in [7, 11) is 2.90. The van der Waals surface area contributed by atoms with Crippen LogP contribution in [0.15, 0.2) is 22.7 Å². The van der Waals surface area contributed by atoms with Crippen molar-refractivity contribution in [3.05, 3.63) is 28.2 Å². The molecule has 16 heavy (non-hydrogen) atoms. The SMILES string of the molecule is COC(=O)C[C@@H](N)c1cccc(Br)c1OC. The summed E-state index contributed by atoms with van der Waals surface area (Å²) in [6.07, 6.45) is 0.128. The first-order valence-corrected chi connectivity index (χ1v) is 5.54. The van der Waals surface area contributed by atoms with Gasteiger partial charge in [-0.1, -0.05) is 12.1 Å². The van der Waals surface area contributed by atoms with Gasteiger partial charge in [0.1, 0.15) is 5.75 Å². The maximum atomic E-state index is 11.1. The first-order chi connectivity index (χ1) is 7.60. The fraction of sp³-hybridized carbons (Fsp3) is 0.364. The number of benzene rings is 1. The molecule has 0 heterocycles. The highest BCUT2D eigenvalue weighted by atomic mass is 79.9. The van der Waals surface area contributed by atoms with E-state index >= 15 is 0 Å². The maximum Gasteiger partial charge on any atom is 0.307 e. The number of halogens is 1. The van der Waals surface area contributed by atoms with Crippen molar-refractivity contribution in [2.45, 2.75) is 12.5 Å². The molecule has 0 aromatic heterocycles. The molecule has 0 radical (unpaired) electrons. The molecule has 4 nitrogen and oxygen atoms in total. The molecule has 0 spiro atoms. The van der Waals surface area contributed by atoms with E-state index in [9.17, 15) is 4.79 Å². The van der Waals surface area contributed by atoms with Gasteiger partial charge in [0.15, 0.2) is 0 Å². The van der Waals surface area contributed by atoms with E-state index in [0.29, 0.717) is 5.75 Å². The molecular formula is C11H14BrNO3. The van der Waals surface area contributed by atoms with Crippen LogP contribution in [0.25, 0.3) is 0 Å². The first-order valence-electron chi connectivity index (χ1n) is 4.75. The van der Waals surface area contributed by atoms with Crippen LogP contribution >= 0.6 is 15.9 Å². The number of para-hydroxylation sites is 1. The van der Waals surface area contributed by atoms with Gasteiger partial charge in [0.25, 0.3) is 0 Å². The van der Waals surface area contributed by atoms with E-state index in [0.717, 1.165) is 10.0 Å². The second kappa shape index (κ2) is 5.86. The van der Waals surface area contributed by atoms with Crippen molar-refractivity contribution >= 4 is 21.9 Å². The standard InChI is InChI=1S/C11H14BrNO3/c1-15-10(14)6-9(13)7-4-3-5-8(12)11(7)16-2/h3-5,9H,6,13H2,1-2H3/t9-/m1/s1. The zero-order valence-corrected chi connectivity index (χ0v) is 10.8. The Morgan fingerprint density at radius 1 is 1.50 bits per heavy atom. The summed E-state index contributed by atoms with van der Waals surface area (Å²) in [4.78, 5) is 11.1. The Morgan fingerprint density at radius 2 is 2.19 bits per heavy atom. The number of nitrogens with two attached hydrogens (primary N) is 1. The Kier molecular flexibility index (Phi) is 4.76. The van der Waals surface area contributed by atoms with Crippen molar-refractivity contribution in [1.82, 2.24) is 0 Å². The van der Waals surface area contributed by atoms with Crippen molar-refractivity contribution in [3.63, 3.8) is 0 Å². The van der Waals surface area contributed by atoms with Crippen LogP contribution < -0.4 is 10.5 Å². The van der Waals surface area contributed by atoms with E-state index in [2.05, 4.69) is 20.7 Å². The smallest absolute Gasteiger partial charge is 0.307 e. The van der Waals surface area contributed by atoms with Crippen molar-refractivity contribution in [1.29, 1.82) is 0 Å². The van der Waals surface area contributed by atoms with Crippen LogP contribution in [0, 0.1) is 0 Å². The Bertz CT molecular complexity index is 381. The van der Waals surface area contributed by atoms with Crippen LogP contribution in [0.4, 0.5) is 0 Å². The third kappa shape index (κ3) is 2.96. The minimum Gasteiger partial charge on any atom is -0.495 e. The van der Waals surface area contributed by atoms with E-state index in [1.165, 1.54) is 7.11 Å². The summed E-state index contributed by atoms with van der Waals surface area (Å²) >= 11 is 3.36. The van der Waals surface area contributed by atoms with Gasteiger partial charge in [0, 0.05) is 11.6 Å². The quantitative estimate of drug-likeness (QED) is 0.861. The average molecular weight is 288 g/mol. The number of ether oxygens (including phenoxy) is 2. The molecule has 0 amide bonds. The third-order valence-electron chi connectivity index (χ3n) is 2.22. The maximum absolute atomic E-state index is 11.1. The number of hydrogen-bond donors (Lipinski definition) is 1. The van der Waals surface area contributed by atoms with Gasteiger partial charge in [-0.15, -0.1) is 0 Å². The van der Waals surface area contributed by atoms with E-state index in [-0.39, 0.29) is 12.4 Å². The molecule has 1 aromatic rings. The lowest BCUT2D eigenvalue weighted by molar-refractivity contribution is -0.141. The Balaban J connectivity index is 2.94. The van der Waals surface area contributed by atoms with Gasteiger partial charge < -0.3 is 15.2 Å². The minimum atomic E-state index is -0.431. The largest absolute Gasteiger partial charge is 0.495 e. The van der Waals surface area contributed by atoms with E-state index in [4.69, 9.17) is 10.5 Å². The highest BCUT2D eigenvalue weighted by Crippen LogP contribution is 2.33. The van der Waals surface area contributed by atoms with Crippen molar-refractivity contribution in [2.24, 2.45) is 5.73 Å². The lowest BCUT2D eigenvalue weighted by Gasteiger charge is -2.15. The molecule has 0 saturated carbocycles. The number of hydrogen-bond acceptors (Lipinski definition) is 4. The Morgan fingerprint density at radius 3 is 2.75 bits per heavy atom. The number of carbonyl (C=O) groups is 1. The molecule has 5 heteroatoms. The zero-order valence-electron chi connectivity index (χ0n) is 9.20. The van der Waals surface area contributed by atoms with Gasteiger partial charge in [-0.25, -0.2) is 0 Å². The fourth-order valence-electron chi connectivity index (χ4n) is 1.41. The summed E-state index contributed by atoms with van der Waals surface area (Å²) in [5, 5.41) is 0. The average Bonchev–Trinajstić information content (AvgIpc) is 2.28. The summed E-state index contributed by atoms with van der Waals surface area (Å²) in [5.74, 6) is 0.313. The van der Waals surface area contributed by atoms with Crippen LogP contribution in [0.1, 0.15) is 18.0 Å². The highest BCUT2D eigenvalue weighted by molar-refractivity contribution is 9.10. The second-order valence-electron chi connectivity index (χ2n) is 3.25. The molecule has 0 fully saturated rings. The monoisotopic (exact) mass is 287 g/mol. The van der Waals surface area contributed by atoms with E-state index in [1.807, 2.05) is 18.2 Å². The topological polar surface area (TPSA) is 61.5 Å².